The number of alkyl halides is 3. The number of hydrogen-bond donors (Lipinski definition) is 2. The normalized spacial score (nSPS) is 13.6. The lowest BCUT2D eigenvalue weighted by Crippen LogP contribution is -2.31. The Morgan fingerprint density at radius 3 is 2.28 bits per heavy atom. The summed E-state index contributed by atoms with van der Waals surface area (Å²) < 4.78 is 76.5. The molecule has 304 valence electrons. The minimum Gasteiger partial charge on any atom is -0.404 e. The van der Waals surface area contributed by atoms with Gasteiger partial charge in [0.1, 0.15) is 11.6 Å². The largest absolute Gasteiger partial charge is 0.524 e. The van der Waals surface area contributed by atoms with Crippen LogP contribution in [-0.4, -0.2) is 46.6 Å². The number of carbonyl (C=O) groups is 1. The van der Waals surface area contributed by atoms with E-state index in [-0.39, 0.29) is 30.2 Å². The Morgan fingerprint density at radius 2 is 1.66 bits per heavy atom. The first-order chi connectivity index (χ1) is 27.3. The monoisotopic (exact) mass is 818 g/mol. The zero-order valence-corrected chi connectivity index (χ0v) is 33.7. The van der Waals surface area contributed by atoms with Crippen LogP contribution in [0.15, 0.2) is 67.1 Å². The number of hydrogen-bond acceptors (Lipinski definition) is 7. The molecule has 6 aromatic rings. The van der Waals surface area contributed by atoms with E-state index in [2.05, 4.69) is 9.97 Å². The predicted octanol–water partition coefficient (Wildman–Crippen LogP) is 9.23. The van der Waals surface area contributed by atoms with Crippen molar-refractivity contribution in [2.24, 2.45) is 0 Å². The Hall–Kier alpha value is -5.37. The smallest absolute Gasteiger partial charge is 0.404 e. The summed E-state index contributed by atoms with van der Waals surface area (Å²) in [5, 5.41) is 5.59. The number of anilines is 1. The van der Waals surface area contributed by atoms with Crippen molar-refractivity contribution in [1.82, 2.24) is 24.3 Å². The maximum absolute atomic E-state index is 16.2. The van der Waals surface area contributed by atoms with Gasteiger partial charge in [-0.2, -0.15) is 18.3 Å². The van der Waals surface area contributed by atoms with Crippen LogP contribution >= 0.6 is 7.82 Å². The van der Waals surface area contributed by atoms with Gasteiger partial charge in [-0.1, -0.05) is 52.0 Å². The van der Waals surface area contributed by atoms with Gasteiger partial charge < -0.3 is 9.42 Å². The van der Waals surface area contributed by atoms with E-state index >= 15 is 4.39 Å². The van der Waals surface area contributed by atoms with E-state index in [0.29, 0.717) is 59.1 Å². The summed E-state index contributed by atoms with van der Waals surface area (Å²) in [6, 6.07) is 14.0. The summed E-state index contributed by atoms with van der Waals surface area (Å²) in [4.78, 5) is 43.6. The predicted molar refractivity (Wildman–Crippen MR) is 212 cm³/mol. The van der Waals surface area contributed by atoms with E-state index in [4.69, 9.17) is 9.62 Å². The second kappa shape index (κ2) is 15.1. The van der Waals surface area contributed by atoms with Gasteiger partial charge in [-0.15, -0.1) is 0 Å². The standard InChI is InChI=1S/C42H43F4N6O5P/c1-7-26-10-9-11-27(8-2)37(26)52-38(31-23-50(16-15-33(31)49-52)40-47-21-28(22-48-40)42(44,45)46)29-12-13-32(43)39-30(29)14-17-51(39)35(53)20-41(5,6)36-25(4)18-24(3)19-34(36)57-58(54,55)56/h9-14,17-19,21-22H,7-8,15-16,20,23H2,1-6H3,(H2,54,55,56). The molecule has 0 amide bonds. The summed E-state index contributed by atoms with van der Waals surface area (Å²) in [7, 11) is -4.95. The van der Waals surface area contributed by atoms with Gasteiger partial charge in [0.2, 0.25) is 11.9 Å². The Balaban J connectivity index is 1.36. The number of benzene rings is 3. The van der Waals surface area contributed by atoms with Crippen molar-refractivity contribution in [1.29, 1.82) is 0 Å². The molecule has 2 N–H and O–H groups in total. The average molecular weight is 819 g/mol. The maximum Gasteiger partial charge on any atom is 0.524 e. The quantitative estimate of drug-likeness (QED) is 0.102. The van der Waals surface area contributed by atoms with Crippen LogP contribution < -0.4 is 9.42 Å². The third kappa shape index (κ3) is 7.66. The van der Waals surface area contributed by atoms with Crippen molar-refractivity contribution < 1.29 is 41.2 Å². The van der Waals surface area contributed by atoms with E-state index in [0.717, 1.165) is 40.5 Å². The number of para-hydroxylation sites is 1. The van der Waals surface area contributed by atoms with E-state index in [9.17, 15) is 32.3 Å². The number of phosphoric acid groups is 1. The molecule has 58 heavy (non-hydrogen) atoms. The molecule has 4 heterocycles. The van der Waals surface area contributed by atoms with Gasteiger partial charge >= 0.3 is 14.0 Å². The number of aromatic nitrogens is 5. The second-order valence-electron chi connectivity index (χ2n) is 15.3. The van der Waals surface area contributed by atoms with Crippen molar-refractivity contribution in [3.8, 4) is 22.7 Å². The Bertz CT molecular complexity index is 2590. The minimum atomic E-state index is -4.95. The number of phosphoric ester groups is 1. The van der Waals surface area contributed by atoms with Gasteiger partial charge in [0.05, 0.1) is 28.2 Å². The van der Waals surface area contributed by atoms with E-state index < -0.39 is 36.7 Å². The van der Waals surface area contributed by atoms with Crippen molar-refractivity contribution in [2.45, 2.75) is 85.4 Å². The topological polar surface area (TPSA) is 136 Å². The number of fused-ring (bicyclic) bond motifs is 2. The molecular formula is C42H43F4N6O5P. The lowest BCUT2D eigenvalue weighted by molar-refractivity contribution is -0.138. The van der Waals surface area contributed by atoms with E-state index in [1.54, 1.807) is 44.7 Å². The van der Waals surface area contributed by atoms with Crippen molar-refractivity contribution in [2.75, 3.05) is 11.4 Å². The molecule has 0 saturated heterocycles. The molecule has 1 aliphatic heterocycles. The van der Waals surface area contributed by atoms with Crippen LogP contribution in [0.25, 0.3) is 27.8 Å². The molecule has 16 heteroatoms. The highest BCUT2D eigenvalue weighted by atomic mass is 31.2. The van der Waals surface area contributed by atoms with Gasteiger partial charge in [0.25, 0.3) is 0 Å². The molecule has 0 radical (unpaired) electrons. The van der Waals surface area contributed by atoms with Crippen LogP contribution in [-0.2, 0) is 42.0 Å². The summed E-state index contributed by atoms with van der Waals surface area (Å²) in [6.45, 7) is 11.8. The molecule has 0 bridgehead atoms. The SMILES string of the molecule is CCc1cccc(CC)c1-n1nc2c(c1-c1ccc(F)c3c1ccn3C(=O)CC(C)(C)c1c(C)cc(C)cc1OP(=O)(O)O)CN(c1ncc(C(F)(F)F)cn1)CC2. The Labute approximate surface area is 332 Å². The fourth-order valence-corrected chi connectivity index (χ4v) is 8.68. The third-order valence-corrected chi connectivity index (χ3v) is 11.1. The van der Waals surface area contributed by atoms with Crippen molar-refractivity contribution in [3.05, 3.63) is 118 Å². The number of halogens is 4. The minimum absolute atomic E-state index is 0.0327. The van der Waals surface area contributed by atoms with Crippen LogP contribution in [0.1, 0.15) is 83.5 Å². The first-order valence-electron chi connectivity index (χ1n) is 18.9. The van der Waals surface area contributed by atoms with Gasteiger partial charge in [-0.3, -0.25) is 19.1 Å². The fraction of sp³-hybridized carbons (Fsp3) is 0.333. The van der Waals surface area contributed by atoms with Crippen LogP contribution in [0.5, 0.6) is 5.75 Å². The van der Waals surface area contributed by atoms with Gasteiger partial charge in [-0.25, -0.2) is 23.6 Å². The number of nitrogens with zero attached hydrogens (tertiary/aromatic N) is 6. The number of carbonyl (C=O) groups excluding carboxylic acids is 1. The molecule has 3 aromatic heterocycles. The van der Waals surface area contributed by atoms with Gasteiger partial charge in [-0.05, 0) is 73.2 Å². The molecule has 11 nitrogen and oxygen atoms in total. The highest BCUT2D eigenvalue weighted by Crippen LogP contribution is 2.46. The fourth-order valence-electron chi connectivity index (χ4n) is 8.28. The molecular weight excluding hydrogens is 775 g/mol. The van der Waals surface area contributed by atoms with E-state index in [1.807, 2.05) is 42.8 Å². The molecule has 0 atom stereocenters. The zero-order chi connectivity index (χ0) is 41.9. The van der Waals surface area contributed by atoms with Crippen LogP contribution in [0.2, 0.25) is 0 Å². The lowest BCUT2D eigenvalue weighted by atomic mass is 9.78. The first kappa shape index (κ1) is 40.8. The van der Waals surface area contributed by atoms with E-state index in [1.165, 1.54) is 22.9 Å². The molecule has 0 spiro atoms. The summed E-state index contributed by atoms with van der Waals surface area (Å²) in [5.41, 5.74) is 5.58. The summed E-state index contributed by atoms with van der Waals surface area (Å²) in [6.07, 6.45) is 0.0979. The number of aryl methyl sites for hydroxylation is 4. The summed E-state index contributed by atoms with van der Waals surface area (Å²) in [5.74, 6) is -1.02. The Morgan fingerprint density at radius 1 is 0.983 bits per heavy atom. The third-order valence-electron chi connectivity index (χ3n) is 10.7. The average Bonchev–Trinajstić information content (AvgIpc) is 3.76. The number of rotatable bonds is 10. The molecule has 0 aliphatic carbocycles. The second-order valence-corrected chi connectivity index (χ2v) is 16.5. The lowest BCUT2D eigenvalue weighted by Gasteiger charge is -2.29. The highest BCUT2D eigenvalue weighted by molar-refractivity contribution is 7.46. The molecule has 0 fully saturated rings. The van der Waals surface area contributed by atoms with Crippen LogP contribution in [0.4, 0.5) is 23.5 Å². The maximum atomic E-state index is 16.2. The summed E-state index contributed by atoms with van der Waals surface area (Å²) >= 11 is 0. The molecule has 0 unspecified atom stereocenters. The zero-order valence-electron chi connectivity index (χ0n) is 32.9. The molecule has 7 rings (SSSR count). The van der Waals surface area contributed by atoms with Crippen molar-refractivity contribution in [3.63, 3.8) is 0 Å². The molecule has 3 aromatic carbocycles. The van der Waals surface area contributed by atoms with Gasteiger partial charge in [0, 0.05) is 72.0 Å². The first-order valence-corrected chi connectivity index (χ1v) is 20.4. The van der Waals surface area contributed by atoms with Crippen molar-refractivity contribution >= 4 is 30.6 Å². The van der Waals surface area contributed by atoms with Crippen LogP contribution in [0.3, 0.4) is 0 Å². The molecule has 0 saturated carbocycles. The highest BCUT2D eigenvalue weighted by Gasteiger charge is 2.35. The Kier molecular flexibility index (Phi) is 10.6. The molecule has 1 aliphatic rings. The van der Waals surface area contributed by atoms with Crippen LogP contribution in [0, 0.1) is 19.7 Å². The van der Waals surface area contributed by atoms with Gasteiger partial charge in [0.15, 0.2) is 0 Å².